The lowest BCUT2D eigenvalue weighted by Crippen LogP contribution is -2.18. The molecule has 5 nitrogen and oxygen atoms in total. The molecule has 0 unspecified atom stereocenters. The normalized spacial score (nSPS) is 16.5. The number of benzene rings is 1. The molecule has 0 fully saturated rings. The second-order valence-electron chi connectivity index (χ2n) is 6.85. The second kappa shape index (κ2) is 7.03. The van der Waals surface area contributed by atoms with E-state index in [1.807, 2.05) is 31.2 Å². The highest BCUT2D eigenvalue weighted by atomic mass is 32.1. The molecular weight excluding hydrogens is 346 g/mol. The van der Waals surface area contributed by atoms with Gasteiger partial charge in [0.2, 0.25) is 5.91 Å². The maximum atomic E-state index is 12.5. The summed E-state index contributed by atoms with van der Waals surface area (Å²) >= 11 is 1.59. The first kappa shape index (κ1) is 17.0. The van der Waals surface area contributed by atoms with Crippen LogP contribution in [0.25, 0.3) is 0 Å². The Morgan fingerprint density at radius 3 is 2.88 bits per heavy atom. The van der Waals surface area contributed by atoms with Gasteiger partial charge in [-0.05, 0) is 67.5 Å². The molecule has 0 radical (unpaired) electrons. The summed E-state index contributed by atoms with van der Waals surface area (Å²) in [6, 6.07) is 7.76. The van der Waals surface area contributed by atoms with E-state index in [1.54, 1.807) is 11.3 Å². The molecule has 0 saturated heterocycles. The number of amides is 2. The van der Waals surface area contributed by atoms with Crippen LogP contribution < -0.4 is 10.7 Å². The summed E-state index contributed by atoms with van der Waals surface area (Å²) in [6.07, 6.45) is 6.23. The van der Waals surface area contributed by atoms with E-state index in [0.717, 1.165) is 40.2 Å². The van der Waals surface area contributed by atoms with Crippen molar-refractivity contribution in [2.75, 3.05) is 5.32 Å². The topological polar surface area (TPSA) is 70.6 Å². The van der Waals surface area contributed by atoms with E-state index >= 15 is 0 Å². The molecule has 2 heterocycles. The van der Waals surface area contributed by atoms with E-state index < -0.39 is 0 Å². The highest BCUT2D eigenvalue weighted by molar-refractivity contribution is 7.14. The first-order chi connectivity index (χ1) is 12.6. The van der Waals surface area contributed by atoms with Crippen molar-refractivity contribution in [2.24, 2.45) is 5.10 Å². The summed E-state index contributed by atoms with van der Waals surface area (Å²) in [5.41, 5.74) is 7.45. The fourth-order valence-electron chi connectivity index (χ4n) is 3.49. The third-order valence-corrected chi connectivity index (χ3v) is 6.18. The highest BCUT2D eigenvalue weighted by Crippen LogP contribution is 2.29. The molecule has 1 aliphatic carbocycles. The molecule has 2 amide bonds. The van der Waals surface area contributed by atoms with E-state index in [4.69, 9.17) is 0 Å². The van der Waals surface area contributed by atoms with Gasteiger partial charge in [0.25, 0.3) is 5.91 Å². The fraction of sp³-hybridized carbons (Fsp3) is 0.350. The van der Waals surface area contributed by atoms with Gasteiger partial charge in [0.15, 0.2) is 0 Å². The summed E-state index contributed by atoms with van der Waals surface area (Å²) in [5, 5.41) is 7.07. The SMILES string of the molecule is CC(=NNC(=O)c1cc2c(s1)CCCCC2)c1ccc2c(c1)CC(=O)N2. The molecule has 0 bridgehead atoms. The minimum atomic E-state index is -0.152. The molecule has 0 spiro atoms. The number of hydrazone groups is 1. The number of hydrogen-bond donors (Lipinski definition) is 2. The molecule has 2 N–H and O–H groups in total. The fourth-order valence-corrected chi connectivity index (χ4v) is 4.63. The summed E-state index contributed by atoms with van der Waals surface area (Å²) in [5.74, 6) is -0.141. The van der Waals surface area contributed by atoms with Crippen molar-refractivity contribution in [1.82, 2.24) is 5.43 Å². The minimum Gasteiger partial charge on any atom is -0.326 e. The summed E-state index contributed by atoms with van der Waals surface area (Å²) < 4.78 is 0. The molecule has 1 aromatic carbocycles. The molecule has 2 aliphatic rings. The average Bonchev–Trinajstić information content (AvgIpc) is 3.14. The maximum absolute atomic E-state index is 12.5. The van der Waals surface area contributed by atoms with Gasteiger partial charge in [-0.2, -0.15) is 5.10 Å². The van der Waals surface area contributed by atoms with Crippen molar-refractivity contribution < 1.29 is 9.59 Å². The third-order valence-electron chi connectivity index (χ3n) is 4.94. The van der Waals surface area contributed by atoms with Crippen LogP contribution in [0.1, 0.15) is 57.4 Å². The van der Waals surface area contributed by atoms with Crippen LogP contribution in [0.3, 0.4) is 0 Å². The Kier molecular flexibility index (Phi) is 4.59. The number of hydrogen-bond acceptors (Lipinski definition) is 4. The Labute approximate surface area is 156 Å². The summed E-state index contributed by atoms with van der Waals surface area (Å²) in [7, 11) is 0. The molecule has 2 aromatic rings. The number of nitrogens with zero attached hydrogens (tertiary/aromatic N) is 1. The number of fused-ring (bicyclic) bond motifs is 2. The number of thiophene rings is 1. The Balaban J connectivity index is 1.46. The van der Waals surface area contributed by atoms with Crippen LogP contribution in [-0.2, 0) is 24.1 Å². The second-order valence-corrected chi connectivity index (χ2v) is 7.99. The molecule has 6 heteroatoms. The number of nitrogens with one attached hydrogen (secondary N) is 2. The van der Waals surface area contributed by atoms with Crippen molar-refractivity contribution in [3.05, 3.63) is 50.7 Å². The van der Waals surface area contributed by atoms with Crippen LogP contribution in [0.5, 0.6) is 0 Å². The molecule has 26 heavy (non-hydrogen) atoms. The third kappa shape index (κ3) is 3.42. The zero-order chi connectivity index (χ0) is 18.1. The number of carbonyl (C=O) groups excluding carboxylic acids is 2. The highest BCUT2D eigenvalue weighted by Gasteiger charge is 2.18. The predicted octanol–water partition coefficient (Wildman–Crippen LogP) is 3.67. The lowest BCUT2D eigenvalue weighted by molar-refractivity contribution is -0.115. The monoisotopic (exact) mass is 367 g/mol. The lowest BCUT2D eigenvalue weighted by Gasteiger charge is -2.04. The molecule has 0 atom stereocenters. The Bertz CT molecular complexity index is 890. The van der Waals surface area contributed by atoms with Crippen molar-refractivity contribution in [3.63, 3.8) is 0 Å². The van der Waals surface area contributed by atoms with Gasteiger partial charge in [-0.15, -0.1) is 11.3 Å². The number of carbonyl (C=O) groups is 2. The molecular formula is C20H21N3O2S. The molecule has 1 aromatic heterocycles. The zero-order valence-corrected chi connectivity index (χ0v) is 15.5. The van der Waals surface area contributed by atoms with Crippen LogP contribution in [0.15, 0.2) is 29.4 Å². The van der Waals surface area contributed by atoms with Gasteiger partial charge >= 0.3 is 0 Å². The maximum Gasteiger partial charge on any atom is 0.281 e. The van der Waals surface area contributed by atoms with E-state index in [9.17, 15) is 9.59 Å². The van der Waals surface area contributed by atoms with E-state index in [-0.39, 0.29) is 11.8 Å². The van der Waals surface area contributed by atoms with Gasteiger partial charge in [-0.3, -0.25) is 9.59 Å². The van der Waals surface area contributed by atoms with Gasteiger partial charge in [0.1, 0.15) is 0 Å². The average molecular weight is 367 g/mol. The Hall–Kier alpha value is -2.47. The molecule has 4 rings (SSSR count). The smallest absolute Gasteiger partial charge is 0.281 e. The molecule has 134 valence electrons. The van der Waals surface area contributed by atoms with Crippen molar-refractivity contribution in [3.8, 4) is 0 Å². The predicted molar refractivity (Wildman–Crippen MR) is 104 cm³/mol. The van der Waals surface area contributed by atoms with Crippen molar-refractivity contribution in [1.29, 1.82) is 0 Å². The first-order valence-electron chi connectivity index (χ1n) is 8.99. The van der Waals surface area contributed by atoms with Crippen LogP contribution in [0.2, 0.25) is 0 Å². The summed E-state index contributed by atoms with van der Waals surface area (Å²) in [4.78, 5) is 26.0. The van der Waals surface area contributed by atoms with Crippen LogP contribution in [-0.4, -0.2) is 17.5 Å². The van der Waals surface area contributed by atoms with E-state index in [0.29, 0.717) is 6.42 Å². The number of aryl methyl sites for hydroxylation is 2. The van der Waals surface area contributed by atoms with Crippen molar-refractivity contribution in [2.45, 2.75) is 45.4 Å². The number of anilines is 1. The van der Waals surface area contributed by atoms with Crippen molar-refractivity contribution >= 4 is 34.6 Å². The quantitative estimate of drug-likeness (QED) is 0.494. The van der Waals surface area contributed by atoms with Gasteiger partial charge < -0.3 is 5.32 Å². The van der Waals surface area contributed by atoms with Crippen LogP contribution >= 0.6 is 11.3 Å². The minimum absolute atomic E-state index is 0.0116. The van der Waals surface area contributed by atoms with Gasteiger partial charge in [-0.1, -0.05) is 12.5 Å². The number of rotatable bonds is 3. The van der Waals surface area contributed by atoms with Gasteiger partial charge in [0, 0.05) is 10.6 Å². The first-order valence-corrected chi connectivity index (χ1v) is 9.81. The largest absolute Gasteiger partial charge is 0.326 e. The lowest BCUT2D eigenvalue weighted by atomic mass is 10.1. The molecule has 1 aliphatic heterocycles. The summed E-state index contributed by atoms with van der Waals surface area (Å²) in [6.45, 7) is 1.86. The standard InChI is InChI=1S/C20H21N3O2S/c1-12(13-7-8-16-15(9-13)11-19(24)21-16)22-23-20(25)18-10-14-5-3-2-4-6-17(14)26-18/h7-10H,2-6,11H2,1H3,(H,21,24)(H,23,25). The Morgan fingerprint density at radius 1 is 1.15 bits per heavy atom. The van der Waals surface area contributed by atoms with Crippen LogP contribution in [0, 0.1) is 0 Å². The van der Waals surface area contributed by atoms with E-state index in [1.165, 1.54) is 29.7 Å². The van der Waals surface area contributed by atoms with Crippen LogP contribution in [0.4, 0.5) is 5.69 Å². The van der Waals surface area contributed by atoms with E-state index in [2.05, 4.69) is 15.8 Å². The van der Waals surface area contributed by atoms with Gasteiger partial charge in [-0.25, -0.2) is 5.43 Å². The molecule has 0 saturated carbocycles. The zero-order valence-electron chi connectivity index (χ0n) is 14.7. The Morgan fingerprint density at radius 2 is 2.00 bits per heavy atom. The van der Waals surface area contributed by atoms with Gasteiger partial charge in [0.05, 0.1) is 17.0 Å².